The Hall–Kier alpha value is -7.36. The van der Waals surface area contributed by atoms with E-state index < -0.39 is 0 Å². The summed E-state index contributed by atoms with van der Waals surface area (Å²) < 4.78 is 11.7. The molecule has 0 aliphatic carbocycles. The predicted molar refractivity (Wildman–Crippen MR) is 231 cm³/mol. The maximum Gasteiger partial charge on any atom is 0.145 e. The van der Waals surface area contributed by atoms with E-state index in [1.54, 1.807) is 0 Å². The molecule has 0 fully saturated rings. The zero-order valence-corrected chi connectivity index (χ0v) is 29.8. The van der Waals surface area contributed by atoms with E-state index in [1.165, 1.54) is 60.0 Å². The third-order valence-corrected chi connectivity index (χ3v) is 11.5. The van der Waals surface area contributed by atoms with Gasteiger partial charge in [-0.3, -0.25) is 0 Å². The van der Waals surface area contributed by atoms with Crippen LogP contribution in [0.1, 0.15) is 0 Å². The molecule has 0 spiro atoms. The number of fused-ring (bicyclic) bond motifs is 10. The second-order valence-corrected chi connectivity index (χ2v) is 14.4. The maximum absolute atomic E-state index is 6.86. The molecule has 0 aliphatic heterocycles. The number of furan rings is 1. The number of hydrogen-bond donors (Lipinski definition) is 0. The topological polar surface area (TPSA) is 23.0 Å². The summed E-state index contributed by atoms with van der Waals surface area (Å²) in [6.45, 7) is 0. The Bertz CT molecular complexity index is 3480. The van der Waals surface area contributed by atoms with Crippen LogP contribution in [0.25, 0.3) is 110 Å². The normalized spacial score (nSPS) is 12.0. The van der Waals surface area contributed by atoms with Gasteiger partial charge in [0.15, 0.2) is 0 Å². The molecular formula is C52H32N2O. The van der Waals surface area contributed by atoms with Crippen molar-refractivity contribution >= 4 is 76.3 Å². The Morgan fingerprint density at radius 2 is 0.836 bits per heavy atom. The summed E-state index contributed by atoms with van der Waals surface area (Å²) in [5.41, 5.74) is 13.5. The van der Waals surface area contributed by atoms with Crippen LogP contribution in [0.3, 0.4) is 0 Å². The standard InChI is InChI=1S/C52H32N2O/c1-2-17-34(18-3-1)53-43-26-9-6-20-40(43)49-37(24-13-28-45(49)53)38-25-14-29-46-50(38)41-21-7-10-27-44(41)54(46)47-32-31-39(36-23-12-16-33-15-4-5-19-35(33)36)52-51(47)42-22-8-11-30-48(42)55-52/h1-32H. The van der Waals surface area contributed by atoms with Gasteiger partial charge in [0.2, 0.25) is 0 Å². The van der Waals surface area contributed by atoms with Crippen LogP contribution < -0.4 is 0 Å². The van der Waals surface area contributed by atoms with Crippen molar-refractivity contribution in [3.05, 3.63) is 194 Å². The highest BCUT2D eigenvalue weighted by atomic mass is 16.3. The van der Waals surface area contributed by atoms with Crippen molar-refractivity contribution < 1.29 is 4.42 Å². The first kappa shape index (κ1) is 30.1. The molecule has 55 heavy (non-hydrogen) atoms. The predicted octanol–water partition coefficient (Wildman–Crippen LogP) is 14.3. The summed E-state index contributed by atoms with van der Waals surface area (Å²) in [5.74, 6) is 0. The first-order valence-corrected chi connectivity index (χ1v) is 18.9. The summed E-state index contributed by atoms with van der Waals surface area (Å²) in [6, 6.07) is 70.1. The average Bonchev–Trinajstić information content (AvgIpc) is 3.92. The van der Waals surface area contributed by atoms with Gasteiger partial charge < -0.3 is 13.6 Å². The average molecular weight is 701 g/mol. The summed E-state index contributed by atoms with van der Waals surface area (Å²) in [7, 11) is 0. The van der Waals surface area contributed by atoms with E-state index in [1.807, 2.05) is 0 Å². The molecule has 3 heteroatoms. The second-order valence-electron chi connectivity index (χ2n) is 14.4. The van der Waals surface area contributed by atoms with Crippen molar-refractivity contribution in [2.75, 3.05) is 0 Å². The minimum atomic E-state index is 0.884. The van der Waals surface area contributed by atoms with Gasteiger partial charge in [0.25, 0.3) is 0 Å². The molecule has 0 saturated heterocycles. The first-order valence-electron chi connectivity index (χ1n) is 18.9. The molecule has 12 rings (SSSR count). The molecule has 0 amide bonds. The smallest absolute Gasteiger partial charge is 0.145 e. The maximum atomic E-state index is 6.86. The van der Waals surface area contributed by atoms with E-state index in [2.05, 4.69) is 203 Å². The molecule has 3 heterocycles. The van der Waals surface area contributed by atoms with Gasteiger partial charge in [-0.25, -0.2) is 0 Å². The van der Waals surface area contributed by atoms with E-state index in [0.717, 1.165) is 49.9 Å². The molecule has 3 nitrogen and oxygen atoms in total. The van der Waals surface area contributed by atoms with Crippen LogP contribution in [0.15, 0.2) is 199 Å². The van der Waals surface area contributed by atoms with Crippen molar-refractivity contribution in [1.82, 2.24) is 9.13 Å². The van der Waals surface area contributed by atoms with Crippen LogP contribution in [0.4, 0.5) is 0 Å². The van der Waals surface area contributed by atoms with E-state index in [-0.39, 0.29) is 0 Å². The number of aromatic nitrogens is 2. The van der Waals surface area contributed by atoms with Gasteiger partial charge in [0.05, 0.1) is 33.1 Å². The van der Waals surface area contributed by atoms with Gasteiger partial charge in [0, 0.05) is 38.2 Å². The SMILES string of the molecule is c1ccc(-n2c3ccccc3c3c(-c4cccc5c4c4ccccc4n5-c4ccc(-c5cccc6ccccc56)c5oc6ccccc6c45)cccc32)cc1. The van der Waals surface area contributed by atoms with Crippen LogP contribution >= 0.6 is 0 Å². The number of hydrogen-bond acceptors (Lipinski definition) is 1. The summed E-state index contributed by atoms with van der Waals surface area (Å²) >= 11 is 0. The molecule has 3 aromatic heterocycles. The minimum absolute atomic E-state index is 0.884. The van der Waals surface area contributed by atoms with E-state index in [0.29, 0.717) is 0 Å². The second kappa shape index (κ2) is 11.6. The zero-order valence-electron chi connectivity index (χ0n) is 29.8. The summed E-state index contributed by atoms with van der Waals surface area (Å²) in [4.78, 5) is 0. The molecule has 0 aliphatic rings. The fourth-order valence-corrected chi connectivity index (χ4v) is 9.27. The minimum Gasteiger partial charge on any atom is -0.455 e. The number of para-hydroxylation sites is 4. The molecule has 0 saturated carbocycles. The molecule has 0 atom stereocenters. The van der Waals surface area contributed by atoms with Gasteiger partial charge in [-0.2, -0.15) is 0 Å². The van der Waals surface area contributed by atoms with Crippen LogP contribution in [-0.4, -0.2) is 9.13 Å². The molecule has 0 radical (unpaired) electrons. The van der Waals surface area contributed by atoms with Crippen molar-refractivity contribution in [2.45, 2.75) is 0 Å². The third kappa shape index (κ3) is 4.26. The molecule has 0 bridgehead atoms. The molecule has 9 aromatic carbocycles. The highest BCUT2D eigenvalue weighted by Gasteiger charge is 2.24. The fraction of sp³-hybridized carbons (Fsp3) is 0. The Labute approximate surface area is 316 Å². The lowest BCUT2D eigenvalue weighted by Crippen LogP contribution is -1.96. The van der Waals surface area contributed by atoms with Crippen molar-refractivity contribution in [3.8, 4) is 33.6 Å². The van der Waals surface area contributed by atoms with E-state index in [4.69, 9.17) is 4.42 Å². The fourth-order valence-electron chi connectivity index (χ4n) is 9.27. The summed E-state index contributed by atoms with van der Waals surface area (Å²) in [5, 5.41) is 9.60. The number of rotatable bonds is 4. The van der Waals surface area contributed by atoms with Crippen molar-refractivity contribution in [1.29, 1.82) is 0 Å². The molecule has 12 aromatic rings. The van der Waals surface area contributed by atoms with Gasteiger partial charge in [-0.05, 0) is 82.1 Å². The van der Waals surface area contributed by atoms with Gasteiger partial charge >= 0.3 is 0 Å². The molecule has 0 unspecified atom stereocenters. The van der Waals surface area contributed by atoms with Crippen LogP contribution in [-0.2, 0) is 0 Å². The first-order chi connectivity index (χ1) is 27.3. The van der Waals surface area contributed by atoms with Crippen LogP contribution in [0.2, 0.25) is 0 Å². The highest BCUT2D eigenvalue weighted by Crippen LogP contribution is 2.47. The number of benzene rings is 9. The number of nitrogens with zero attached hydrogens (tertiary/aromatic N) is 2. The Balaban J connectivity index is 1.18. The van der Waals surface area contributed by atoms with E-state index >= 15 is 0 Å². The Morgan fingerprint density at radius 3 is 1.58 bits per heavy atom. The lowest BCUT2D eigenvalue weighted by atomic mass is 9.95. The monoisotopic (exact) mass is 700 g/mol. The molecular weight excluding hydrogens is 669 g/mol. The zero-order chi connectivity index (χ0) is 36.0. The van der Waals surface area contributed by atoms with Gasteiger partial charge in [-0.15, -0.1) is 0 Å². The molecule has 256 valence electrons. The van der Waals surface area contributed by atoms with Gasteiger partial charge in [-0.1, -0.05) is 140 Å². The third-order valence-electron chi connectivity index (χ3n) is 11.5. The lowest BCUT2D eigenvalue weighted by molar-refractivity contribution is 0.670. The summed E-state index contributed by atoms with van der Waals surface area (Å²) in [6.07, 6.45) is 0. The molecule has 0 N–H and O–H groups in total. The van der Waals surface area contributed by atoms with Crippen LogP contribution in [0, 0.1) is 0 Å². The van der Waals surface area contributed by atoms with Crippen molar-refractivity contribution in [2.24, 2.45) is 0 Å². The highest BCUT2D eigenvalue weighted by molar-refractivity contribution is 6.23. The lowest BCUT2D eigenvalue weighted by Gasteiger charge is -2.14. The Morgan fingerprint density at radius 1 is 0.309 bits per heavy atom. The van der Waals surface area contributed by atoms with E-state index in [9.17, 15) is 0 Å². The quantitative estimate of drug-likeness (QED) is 0.179. The van der Waals surface area contributed by atoms with Gasteiger partial charge in [0.1, 0.15) is 11.2 Å². The van der Waals surface area contributed by atoms with Crippen molar-refractivity contribution in [3.63, 3.8) is 0 Å². The largest absolute Gasteiger partial charge is 0.455 e. The van der Waals surface area contributed by atoms with Crippen LogP contribution in [0.5, 0.6) is 0 Å². The Kier molecular flexibility index (Phi) is 6.34.